The average molecular weight is 271 g/mol. The Balaban J connectivity index is 2.21. The van der Waals surface area contributed by atoms with E-state index < -0.39 is 11.8 Å². The van der Waals surface area contributed by atoms with E-state index >= 15 is 0 Å². The molecule has 0 saturated heterocycles. The van der Waals surface area contributed by atoms with Crippen LogP contribution in [0.2, 0.25) is 0 Å². The summed E-state index contributed by atoms with van der Waals surface area (Å²) in [5.74, 6) is -1.04. The molecule has 1 aromatic heterocycles. The second-order valence-electron chi connectivity index (χ2n) is 4.23. The molecule has 102 valence electrons. The van der Waals surface area contributed by atoms with E-state index in [0.29, 0.717) is 11.3 Å². The predicted octanol–water partition coefficient (Wildman–Crippen LogP) is 0.737. The number of rotatable bonds is 3. The van der Waals surface area contributed by atoms with Gasteiger partial charge in [0, 0.05) is 24.5 Å². The number of amides is 2. The van der Waals surface area contributed by atoms with Crippen molar-refractivity contribution in [2.24, 2.45) is 12.8 Å². The molecule has 6 heteroatoms. The minimum atomic E-state index is -0.542. The number of carbonyl (C=O) groups excluding carboxylic acids is 2. The van der Waals surface area contributed by atoms with Crippen molar-refractivity contribution in [3.05, 3.63) is 64.1 Å². The van der Waals surface area contributed by atoms with Gasteiger partial charge in [-0.15, -0.1) is 0 Å². The fourth-order valence-electron chi connectivity index (χ4n) is 1.69. The number of nitrogens with one attached hydrogen (secondary N) is 1. The molecule has 0 atom stereocenters. The largest absolute Gasteiger partial charge is 0.366 e. The van der Waals surface area contributed by atoms with Crippen molar-refractivity contribution in [2.75, 3.05) is 5.32 Å². The molecule has 2 amide bonds. The molecule has 0 saturated carbocycles. The van der Waals surface area contributed by atoms with Crippen LogP contribution in [0.4, 0.5) is 5.69 Å². The summed E-state index contributed by atoms with van der Waals surface area (Å²) in [6.07, 6.45) is 1.57. The van der Waals surface area contributed by atoms with Gasteiger partial charge in [0.25, 0.3) is 11.5 Å². The molecule has 0 spiro atoms. The van der Waals surface area contributed by atoms with Crippen LogP contribution >= 0.6 is 0 Å². The summed E-state index contributed by atoms with van der Waals surface area (Å²) in [7, 11) is 1.57. The van der Waals surface area contributed by atoms with Crippen molar-refractivity contribution in [1.82, 2.24) is 4.57 Å². The summed E-state index contributed by atoms with van der Waals surface area (Å²) in [5.41, 5.74) is 5.62. The zero-order valence-electron chi connectivity index (χ0n) is 10.8. The van der Waals surface area contributed by atoms with Gasteiger partial charge in [-0.25, -0.2) is 0 Å². The van der Waals surface area contributed by atoms with E-state index in [4.69, 9.17) is 5.73 Å². The maximum Gasteiger partial charge on any atom is 0.263 e. The third-order valence-corrected chi connectivity index (χ3v) is 2.80. The first kappa shape index (κ1) is 13.5. The number of hydrogen-bond donors (Lipinski definition) is 2. The second kappa shape index (κ2) is 5.40. The van der Waals surface area contributed by atoms with Crippen molar-refractivity contribution >= 4 is 17.5 Å². The second-order valence-corrected chi connectivity index (χ2v) is 4.23. The topological polar surface area (TPSA) is 94.2 Å². The van der Waals surface area contributed by atoms with Gasteiger partial charge in [0.15, 0.2) is 0 Å². The van der Waals surface area contributed by atoms with E-state index in [1.807, 2.05) is 0 Å². The molecular weight excluding hydrogens is 258 g/mol. The number of aryl methyl sites for hydroxylation is 1. The third kappa shape index (κ3) is 2.74. The van der Waals surface area contributed by atoms with E-state index in [-0.39, 0.29) is 11.1 Å². The van der Waals surface area contributed by atoms with Gasteiger partial charge in [0.1, 0.15) is 5.56 Å². The summed E-state index contributed by atoms with van der Waals surface area (Å²) in [5, 5.41) is 2.59. The van der Waals surface area contributed by atoms with E-state index in [0.717, 1.165) is 0 Å². The molecule has 20 heavy (non-hydrogen) atoms. The maximum absolute atomic E-state index is 12.0. The van der Waals surface area contributed by atoms with E-state index in [1.165, 1.54) is 22.8 Å². The number of nitrogens with two attached hydrogens (primary N) is 1. The first-order valence-corrected chi connectivity index (χ1v) is 5.86. The summed E-state index contributed by atoms with van der Waals surface area (Å²) < 4.78 is 1.32. The van der Waals surface area contributed by atoms with Gasteiger partial charge in [-0.05, 0) is 36.4 Å². The van der Waals surface area contributed by atoms with Crippen molar-refractivity contribution < 1.29 is 9.59 Å². The summed E-state index contributed by atoms with van der Waals surface area (Å²) in [4.78, 5) is 34.7. The lowest BCUT2D eigenvalue weighted by Crippen LogP contribution is -2.27. The number of nitrogens with zero attached hydrogens (tertiary/aromatic N) is 1. The van der Waals surface area contributed by atoms with E-state index in [1.54, 1.807) is 31.4 Å². The molecular formula is C14H13N3O3. The van der Waals surface area contributed by atoms with Gasteiger partial charge in [-0.3, -0.25) is 14.4 Å². The highest BCUT2D eigenvalue weighted by Crippen LogP contribution is 2.10. The Morgan fingerprint density at radius 1 is 1.15 bits per heavy atom. The molecule has 0 aliphatic carbocycles. The molecule has 1 aromatic carbocycles. The lowest BCUT2D eigenvalue weighted by molar-refractivity contribution is 0.0998. The standard InChI is InChI=1S/C14H13N3O3/c1-17-8-2-3-11(14(17)20)13(19)16-10-6-4-9(5-7-10)12(15)18/h2-8H,1H3,(H2,15,18)(H,16,19). The predicted molar refractivity (Wildman–Crippen MR) is 74.6 cm³/mol. The summed E-state index contributed by atoms with van der Waals surface area (Å²) in [6, 6.07) is 9.17. The van der Waals surface area contributed by atoms with Crippen LogP contribution in [-0.4, -0.2) is 16.4 Å². The van der Waals surface area contributed by atoms with E-state index in [9.17, 15) is 14.4 Å². The van der Waals surface area contributed by atoms with Gasteiger partial charge in [0.2, 0.25) is 5.91 Å². The smallest absolute Gasteiger partial charge is 0.263 e. The van der Waals surface area contributed by atoms with Crippen LogP contribution in [0.3, 0.4) is 0 Å². The van der Waals surface area contributed by atoms with Gasteiger partial charge in [-0.2, -0.15) is 0 Å². The minimum absolute atomic E-state index is 0.0500. The normalized spacial score (nSPS) is 10.1. The molecule has 6 nitrogen and oxygen atoms in total. The number of anilines is 1. The third-order valence-electron chi connectivity index (χ3n) is 2.80. The average Bonchev–Trinajstić information content (AvgIpc) is 2.42. The van der Waals surface area contributed by atoms with Gasteiger partial charge in [-0.1, -0.05) is 0 Å². The Morgan fingerprint density at radius 3 is 2.40 bits per heavy atom. The number of hydrogen-bond acceptors (Lipinski definition) is 3. The SMILES string of the molecule is Cn1cccc(C(=O)Nc2ccc(C(N)=O)cc2)c1=O. The lowest BCUT2D eigenvalue weighted by Gasteiger charge is -2.06. The number of aromatic nitrogens is 1. The quantitative estimate of drug-likeness (QED) is 0.861. The molecule has 2 rings (SSSR count). The fraction of sp³-hybridized carbons (Fsp3) is 0.0714. The van der Waals surface area contributed by atoms with Crippen molar-refractivity contribution in [1.29, 1.82) is 0 Å². The Hall–Kier alpha value is -2.89. The first-order valence-electron chi connectivity index (χ1n) is 5.86. The van der Waals surface area contributed by atoms with Gasteiger partial charge >= 0.3 is 0 Å². The molecule has 0 unspecified atom stereocenters. The number of pyridine rings is 1. The number of benzene rings is 1. The zero-order chi connectivity index (χ0) is 14.7. The Kier molecular flexibility index (Phi) is 3.65. The van der Waals surface area contributed by atoms with Crippen LogP contribution in [-0.2, 0) is 7.05 Å². The highest BCUT2D eigenvalue weighted by atomic mass is 16.2. The van der Waals surface area contributed by atoms with Gasteiger partial charge in [0.05, 0.1) is 0 Å². The van der Waals surface area contributed by atoms with Crippen molar-refractivity contribution in [3.8, 4) is 0 Å². The Labute approximate surface area is 114 Å². The van der Waals surface area contributed by atoms with Crippen LogP contribution < -0.4 is 16.6 Å². The lowest BCUT2D eigenvalue weighted by atomic mass is 10.2. The van der Waals surface area contributed by atoms with E-state index in [2.05, 4.69) is 5.32 Å². The molecule has 0 aliphatic heterocycles. The maximum atomic E-state index is 12.0. The first-order chi connectivity index (χ1) is 9.49. The van der Waals surface area contributed by atoms with Crippen LogP contribution in [0.5, 0.6) is 0 Å². The molecule has 3 N–H and O–H groups in total. The number of carbonyl (C=O) groups is 2. The van der Waals surface area contributed by atoms with Crippen LogP contribution in [0.25, 0.3) is 0 Å². The minimum Gasteiger partial charge on any atom is -0.366 e. The highest BCUT2D eigenvalue weighted by molar-refractivity contribution is 6.04. The number of primary amides is 1. The molecule has 1 heterocycles. The van der Waals surface area contributed by atoms with Gasteiger partial charge < -0.3 is 15.6 Å². The molecule has 2 aromatic rings. The fourth-order valence-corrected chi connectivity index (χ4v) is 1.69. The summed E-state index contributed by atoms with van der Waals surface area (Å²) in [6.45, 7) is 0. The van der Waals surface area contributed by atoms with Crippen molar-refractivity contribution in [2.45, 2.75) is 0 Å². The Morgan fingerprint density at radius 2 is 1.80 bits per heavy atom. The Bertz CT molecular complexity index is 717. The summed E-state index contributed by atoms with van der Waals surface area (Å²) >= 11 is 0. The zero-order valence-corrected chi connectivity index (χ0v) is 10.8. The molecule has 0 radical (unpaired) electrons. The highest BCUT2D eigenvalue weighted by Gasteiger charge is 2.11. The van der Waals surface area contributed by atoms with Crippen LogP contribution in [0.15, 0.2) is 47.4 Å². The van der Waals surface area contributed by atoms with Crippen LogP contribution in [0.1, 0.15) is 20.7 Å². The molecule has 0 aliphatic rings. The molecule has 0 fully saturated rings. The van der Waals surface area contributed by atoms with Crippen molar-refractivity contribution in [3.63, 3.8) is 0 Å². The van der Waals surface area contributed by atoms with Crippen LogP contribution in [0, 0.1) is 0 Å². The monoisotopic (exact) mass is 271 g/mol. The molecule has 0 bridgehead atoms.